The first-order chi connectivity index (χ1) is 12.6. The van der Waals surface area contributed by atoms with Crippen LogP contribution >= 0.6 is 0 Å². The molecule has 1 saturated heterocycles. The molecule has 26 heavy (non-hydrogen) atoms. The second kappa shape index (κ2) is 8.45. The topological polar surface area (TPSA) is 61.4 Å². The van der Waals surface area contributed by atoms with Crippen molar-refractivity contribution in [2.45, 2.75) is 32.6 Å². The lowest BCUT2D eigenvalue weighted by Gasteiger charge is -2.18. The fraction of sp³-hybridized carbons (Fsp3) is 0.400. The van der Waals surface area contributed by atoms with Crippen LogP contribution < -0.4 is 14.9 Å². The SMILES string of the molecule is CCCCS(=O)(=O)Nc1ccc(Nc2ccc(N3CCCC3)cc2)cc1. The largest absolute Gasteiger partial charge is 0.372 e. The predicted molar refractivity (Wildman–Crippen MR) is 110 cm³/mol. The summed E-state index contributed by atoms with van der Waals surface area (Å²) in [4.78, 5) is 2.41. The van der Waals surface area contributed by atoms with Crippen LogP contribution in [0.15, 0.2) is 48.5 Å². The summed E-state index contributed by atoms with van der Waals surface area (Å²) in [7, 11) is -3.26. The molecule has 0 unspecified atom stereocenters. The van der Waals surface area contributed by atoms with Gasteiger partial charge in [0.05, 0.1) is 5.75 Å². The molecule has 0 spiro atoms. The van der Waals surface area contributed by atoms with Gasteiger partial charge >= 0.3 is 0 Å². The molecule has 2 aromatic rings. The summed E-state index contributed by atoms with van der Waals surface area (Å²) >= 11 is 0. The van der Waals surface area contributed by atoms with Gasteiger partial charge in [-0.15, -0.1) is 0 Å². The number of rotatable bonds is 8. The van der Waals surface area contributed by atoms with Crippen LogP contribution in [-0.4, -0.2) is 27.3 Å². The average molecular weight is 374 g/mol. The first-order valence-electron chi connectivity index (χ1n) is 9.28. The van der Waals surface area contributed by atoms with Crippen molar-refractivity contribution in [3.05, 3.63) is 48.5 Å². The molecule has 1 aliphatic rings. The lowest BCUT2D eigenvalue weighted by molar-refractivity contribution is 0.598. The molecule has 2 N–H and O–H groups in total. The van der Waals surface area contributed by atoms with Crippen LogP contribution in [0.3, 0.4) is 0 Å². The Morgan fingerprint density at radius 2 is 1.42 bits per heavy atom. The van der Waals surface area contributed by atoms with E-state index < -0.39 is 10.0 Å². The summed E-state index contributed by atoms with van der Waals surface area (Å²) in [5.74, 6) is 0.160. The number of unbranched alkanes of at least 4 members (excludes halogenated alkanes) is 1. The van der Waals surface area contributed by atoms with Crippen molar-refractivity contribution in [2.75, 3.05) is 33.8 Å². The molecule has 0 amide bonds. The Bertz CT molecular complexity index is 796. The minimum absolute atomic E-state index is 0.160. The Kier molecular flexibility index (Phi) is 6.04. The molecule has 140 valence electrons. The van der Waals surface area contributed by atoms with Gasteiger partial charge in [-0.1, -0.05) is 13.3 Å². The number of sulfonamides is 1. The van der Waals surface area contributed by atoms with Gasteiger partial charge in [0.1, 0.15) is 0 Å². The van der Waals surface area contributed by atoms with Crippen LogP contribution in [0.25, 0.3) is 0 Å². The summed E-state index contributed by atoms with van der Waals surface area (Å²) in [6.45, 7) is 4.26. The Labute approximate surface area is 156 Å². The number of nitrogens with one attached hydrogen (secondary N) is 2. The molecular weight excluding hydrogens is 346 g/mol. The molecule has 1 heterocycles. The van der Waals surface area contributed by atoms with Gasteiger partial charge in [-0.2, -0.15) is 0 Å². The molecule has 0 saturated carbocycles. The van der Waals surface area contributed by atoms with Crippen LogP contribution in [0.4, 0.5) is 22.7 Å². The van der Waals surface area contributed by atoms with Crippen LogP contribution in [0.1, 0.15) is 32.6 Å². The summed E-state index contributed by atoms with van der Waals surface area (Å²) < 4.78 is 26.5. The predicted octanol–water partition coefficient (Wildman–Crippen LogP) is 4.57. The maximum atomic E-state index is 11.9. The van der Waals surface area contributed by atoms with Crippen LogP contribution in [-0.2, 0) is 10.0 Å². The first kappa shape index (κ1) is 18.6. The fourth-order valence-corrected chi connectivity index (χ4v) is 4.35. The maximum absolute atomic E-state index is 11.9. The molecule has 1 fully saturated rings. The number of benzene rings is 2. The zero-order valence-electron chi connectivity index (χ0n) is 15.2. The lowest BCUT2D eigenvalue weighted by Crippen LogP contribution is -2.17. The fourth-order valence-electron chi connectivity index (χ4n) is 3.08. The zero-order chi connectivity index (χ0) is 18.4. The maximum Gasteiger partial charge on any atom is 0.232 e. The number of anilines is 4. The Morgan fingerprint density at radius 3 is 2.00 bits per heavy atom. The Morgan fingerprint density at radius 1 is 0.885 bits per heavy atom. The van der Waals surface area contributed by atoms with Crippen molar-refractivity contribution in [1.29, 1.82) is 0 Å². The van der Waals surface area contributed by atoms with E-state index in [0.717, 1.165) is 30.9 Å². The highest BCUT2D eigenvalue weighted by atomic mass is 32.2. The molecule has 0 aromatic heterocycles. The minimum atomic E-state index is -3.26. The van der Waals surface area contributed by atoms with E-state index in [0.29, 0.717) is 12.1 Å². The third-order valence-electron chi connectivity index (χ3n) is 4.55. The molecule has 0 bridgehead atoms. The standard InChI is InChI=1S/C20H27N3O2S/c1-2-3-16-26(24,25)22-19-8-6-17(7-9-19)21-18-10-12-20(13-11-18)23-14-4-5-15-23/h6-13,21-22H,2-5,14-16H2,1H3. The second-order valence-corrected chi connectivity index (χ2v) is 8.56. The summed E-state index contributed by atoms with van der Waals surface area (Å²) in [5, 5.41) is 3.35. The van der Waals surface area contributed by atoms with Crippen molar-refractivity contribution in [3.8, 4) is 0 Å². The monoisotopic (exact) mass is 373 g/mol. The van der Waals surface area contributed by atoms with Gasteiger partial charge in [0.2, 0.25) is 10.0 Å². The molecule has 2 aromatic carbocycles. The number of hydrogen-bond donors (Lipinski definition) is 2. The van der Waals surface area contributed by atoms with E-state index in [-0.39, 0.29) is 5.75 Å². The molecule has 6 heteroatoms. The van der Waals surface area contributed by atoms with Gasteiger partial charge in [0.25, 0.3) is 0 Å². The number of hydrogen-bond acceptors (Lipinski definition) is 4. The van der Waals surface area contributed by atoms with Crippen LogP contribution in [0, 0.1) is 0 Å². The van der Waals surface area contributed by atoms with Crippen molar-refractivity contribution in [3.63, 3.8) is 0 Å². The van der Waals surface area contributed by atoms with Crippen molar-refractivity contribution in [1.82, 2.24) is 0 Å². The molecule has 1 aliphatic heterocycles. The van der Waals surface area contributed by atoms with Gasteiger partial charge < -0.3 is 10.2 Å². The van der Waals surface area contributed by atoms with E-state index in [1.807, 2.05) is 19.1 Å². The zero-order valence-corrected chi connectivity index (χ0v) is 16.1. The van der Waals surface area contributed by atoms with Gasteiger partial charge in [0, 0.05) is 35.8 Å². The smallest absolute Gasteiger partial charge is 0.232 e. The molecule has 3 rings (SSSR count). The highest BCUT2D eigenvalue weighted by molar-refractivity contribution is 7.92. The van der Waals surface area contributed by atoms with Crippen molar-refractivity contribution >= 4 is 32.8 Å². The van der Waals surface area contributed by atoms with Crippen LogP contribution in [0.2, 0.25) is 0 Å². The molecule has 0 radical (unpaired) electrons. The minimum Gasteiger partial charge on any atom is -0.372 e. The third-order valence-corrected chi connectivity index (χ3v) is 5.92. The van der Waals surface area contributed by atoms with E-state index in [9.17, 15) is 8.42 Å². The first-order valence-corrected chi connectivity index (χ1v) is 10.9. The van der Waals surface area contributed by atoms with E-state index in [1.165, 1.54) is 18.5 Å². The van der Waals surface area contributed by atoms with E-state index in [4.69, 9.17) is 0 Å². The average Bonchev–Trinajstić information content (AvgIpc) is 3.17. The Balaban J connectivity index is 1.58. The van der Waals surface area contributed by atoms with Gasteiger partial charge in [0.15, 0.2) is 0 Å². The van der Waals surface area contributed by atoms with Crippen molar-refractivity contribution < 1.29 is 8.42 Å². The van der Waals surface area contributed by atoms with E-state index in [2.05, 4.69) is 39.2 Å². The summed E-state index contributed by atoms with van der Waals surface area (Å²) in [6, 6.07) is 15.8. The third kappa shape index (κ3) is 5.14. The van der Waals surface area contributed by atoms with Crippen molar-refractivity contribution in [2.24, 2.45) is 0 Å². The highest BCUT2D eigenvalue weighted by Gasteiger charge is 2.12. The summed E-state index contributed by atoms with van der Waals surface area (Å²) in [5.41, 5.74) is 3.81. The van der Waals surface area contributed by atoms with Crippen LogP contribution in [0.5, 0.6) is 0 Å². The second-order valence-electron chi connectivity index (χ2n) is 6.72. The number of nitrogens with zero attached hydrogens (tertiary/aromatic N) is 1. The van der Waals surface area contributed by atoms with E-state index in [1.54, 1.807) is 12.1 Å². The summed E-state index contributed by atoms with van der Waals surface area (Å²) in [6.07, 6.45) is 4.08. The normalized spacial score (nSPS) is 14.4. The molecular formula is C20H27N3O2S. The van der Waals surface area contributed by atoms with E-state index >= 15 is 0 Å². The van der Waals surface area contributed by atoms with Gasteiger partial charge in [-0.25, -0.2) is 8.42 Å². The lowest BCUT2D eigenvalue weighted by atomic mass is 10.2. The quantitative estimate of drug-likeness (QED) is 0.711. The highest BCUT2D eigenvalue weighted by Crippen LogP contribution is 2.24. The molecule has 5 nitrogen and oxygen atoms in total. The van der Waals surface area contributed by atoms with Gasteiger partial charge in [-0.3, -0.25) is 4.72 Å². The molecule has 0 aliphatic carbocycles. The molecule has 0 atom stereocenters. The van der Waals surface area contributed by atoms with Gasteiger partial charge in [-0.05, 0) is 67.8 Å². The Hall–Kier alpha value is -2.21.